The van der Waals surface area contributed by atoms with Gasteiger partial charge in [0.1, 0.15) is 5.69 Å². The van der Waals surface area contributed by atoms with Gasteiger partial charge in [0.05, 0.1) is 12.4 Å². The zero-order chi connectivity index (χ0) is 12.0. The summed E-state index contributed by atoms with van der Waals surface area (Å²) in [5.41, 5.74) is 0.502. The Balaban J connectivity index is 1.73. The van der Waals surface area contributed by atoms with E-state index >= 15 is 0 Å². The molecule has 0 aromatic carbocycles. The summed E-state index contributed by atoms with van der Waals surface area (Å²) < 4.78 is 1.78. The van der Waals surface area contributed by atoms with Crippen molar-refractivity contribution in [3.8, 4) is 0 Å². The van der Waals surface area contributed by atoms with E-state index in [1.165, 1.54) is 0 Å². The summed E-state index contributed by atoms with van der Waals surface area (Å²) in [6.45, 7) is 1.46. The summed E-state index contributed by atoms with van der Waals surface area (Å²) in [5, 5.41) is 9.82. The Hall–Kier alpha value is -1.36. The zero-order valence-corrected chi connectivity index (χ0v) is 9.91. The van der Waals surface area contributed by atoms with Gasteiger partial charge in [-0.05, 0) is 18.8 Å². The molecule has 2 fully saturated rings. The quantitative estimate of drug-likeness (QED) is 0.759. The molecule has 0 bridgehead atoms. The van der Waals surface area contributed by atoms with Crippen molar-refractivity contribution in [1.82, 2.24) is 14.5 Å². The van der Waals surface area contributed by atoms with Gasteiger partial charge in [0, 0.05) is 32.3 Å². The third kappa shape index (κ3) is 1.74. The molecule has 1 aromatic heterocycles. The van der Waals surface area contributed by atoms with E-state index in [9.17, 15) is 9.90 Å². The highest BCUT2D eigenvalue weighted by Crippen LogP contribution is 2.38. The fraction of sp³-hybridized carbons (Fsp3) is 0.667. The van der Waals surface area contributed by atoms with Crippen LogP contribution < -0.4 is 0 Å². The van der Waals surface area contributed by atoms with Crippen LogP contribution in [0, 0.1) is 11.8 Å². The summed E-state index contributed by atoms with van der Waals surface area (Å²) in [7, 11) is 1.85. The average Bonchev–Trinajstić information content (AvgIpc) is 2.96. The molecule has 1 aliphatic heterocycles. The van der Waals surface area contributed by atoms with Crippen LogP contribution in [0.3, 0.4) is 0 Å². The SMILES string of the molecule is Cn1cnc(C(=O)N2CC3CCC(O)C3C2)c1. The third-order valence-corrected chi connectivity index (χ3v) is 4.03. The van der Waals surface area contributed by atoms with Crippen LogP contribution in [-0.2, 0) is 7.05 Å². The van der Waals surface area contributed by atoms with E-state index in [1.54, 1.807) is 17.1 Å². The number of rotatable bonds is 1. The zero-order valence-electron chi connectivity index (χ0n) is 9.91. The number of nitrogens with zero attached hydrogens (tertiary/aromatic N) is 3. The molecule has 5 nitrogen and oxygen atoms in total. The van der Waals surface area contributed by atoms with E-state index in [-0.39, 0.29) is 17.9 Å². The van der Waals surface area contributed by atoms with Gasteiger partial charge in [0.2, 0.25) is 0 Å². The molecular formula is C12H17N3O2. The Morgan fingerprint density at radius 3 is 2.94 bits per heavy atom. The van der Waals surface area contributed by atoms with Crippen molar-refractivity contribution in [3.63, 3.8) is 0 Å². The van der Waals surface area contributed by atoms with Gasteiger partial charge in [0.25, 0.3) is 5.91 Å². The molecular weight excluding hydrogens is 218 g/mol. The molecule has 1 N–H and O–H groups in total. The topological polar surface area (TPSA) is 58.4 Å². The lowest BCUT2D eigenvalue weighted by molar-refractivity contribution is 0.0747. The number of aliphatic hydroxyl groups is 1. The molecule has 92 valence electrons. The molecule has 1 saturated heterocycles. The lowest BCUT2D eigenvalue weighted by atomic mass is 10.00. The molecule has 1 amide bonds. The Morgan fingerprint density at radius 1 is 1.47 bits per heavy atom. The second-order valence-electron chi connectivity index (χ2n) is 5.20. The largest absolute Gasteiger partial charge is 0.393 e. The van der Waals surface area contributed by atoms with Crippen LogP contribution in [0.15, 0.2) is 12.5 Å². The number of carbonyl (C=O) groups excluding carboxylic acids is 1. The molecule has 3 rings (SSSR count). The smallest absolute Gasteiger partial charge is 0.274 e. The number of amides is 1. The van der Waals surface area contributed by atoms with Crippen LogP contribution in [0.25, 0.3) is 0 Å². The lowest BCUT2D eigenvalue weighted by Crippen LogP contribution is -2.31. The second kappa shape index (κ2) is 3.84. The lowest BCUT2D eigenvalue weighted by Gasteiger charge is -2.17. The van der Waals surface area contributed by atoms with E-state index in [0.717, 1.165) is 19.4 Å². The Kier molecular flexibility index (Phi) is 2.43. The number of fused-ring (bicyclic) bond motifs is 1. The molecule has 5 heteroatoms. The van der Waals surface area contributed by atoms with Crippen molar-refractivity contribution >= 4 is 5.91 Å². The summed E-state index contributed by atoms with van der Waals surface area (Å²) in [4.78, 5) is 18.1. The van der Waals surface area contributed by atoms with Gasteiger partial charge in [-0.3, -0.25) is 4.79 Å². The van der Waals surface area contributed by atoms with E-state index in [1.807, 2.05) is 11.9 Å². The van der Waals surface area contributed by atoms with Gasteiger partial charge in [-0.2, -0.15) is 0 Å². The Morgan fingerprint density at radius 2 is 2.29 bits per heavy atom. The fourth-order valence-electron chi connectivity index (χ4n) is 3.09. The summed E-state index contributed by atoms with van der Waals surface area (Å²) >= 11 is 0. The molecule has 0 spiro atoms. The number of aromatic nitrogens is 2. The van der Waals surface area contributed by atoms with Gasteiger partial charge in [-0.25, -0.2) is 4.98 Å². The maximum atomic E-state index is 12.2. The summed E-state index contributed by atoms with van der Waals surface area (Å²) in [6.07, 6.45) is 5.09. The number of hydrogen-bond donors (Lipinski definition) is 1. The van der Waals surface area contributed by atoms with E-state index in [2.05, 4.69) is 4.98 Å². The molecule has 2 aliphatic rings. The summed E-state index contributed by atoms with van der Waals surface area (Å²) in [5.74, 6) is 0.757. The van der Waals surface area contributed by atoms with E-state index in [0.29, 0.717) is 18.2 Å². The molecule has 17 heavy (non-hydrogen) atoms. The van der Waals surface area contributed by atoms with Crippen molar-refractivity contribution < 1.29 is 9.90 Å². The first kappa shape index (κ1) is 10.8. The van der Waals surface area contributed by atoms with Crippen LogP contribution in [0.2, 0.25) is 0 Å². The maximum Gasteiger partial charge on any atom is 0.274 e. The highest BCUT2D eigenvalue weighted by molar-refractivity contribution is 5.92. The fourth-order valence-corrected chi connectivity index (χ4v) is 3.09. The monoisotopic (exact) mass is 235 g/mol. The van der Waals surface area contributed by atoms with Gasteiger partial charge >= 0.3 is 0 Å². The normalized spacial score (nSPS) is 31.9. The molecule has 2 heterocycles. The van der Waals surface area contributed by atoms with E-state index in [4.69, 9.17) is 0 Å². The predicted octanol–water partition coefficient (Wildman–Crippen LogP) is 0.263. The van der Waals surface area contributed by atoms with Crippen LogP contribution >= 0.6 is 0 Å². The minimum absolute atomic E-state index is 0.00722. The highest BCUT2D eigenvalue weighted by atomic mass is 16.3. The van der Waals surface area contributed by atoms with Crippen LogP contribution in [-0.4, -0.2) is 44.7 Å². The van der Waals surface area contributed by atoms with Crippen LogP contribution in [0.5, 0.6) is 0 Å². The number of imidazole rings is 1. The predicted molar refractivity (Wildman–Crippen MR) is 61.3 cm³/mol. The molecule has 0 radical (unpaired) electrons. The third-order valence-electron chi connectivity index (χ3n) is 4.03. The standard InChI is InChI=1S/C12H17N3O2/c1-14-6-10(13-7-14)12(17)15-4-8-2-3-11(16)9(8)5-15/h6-9,11,16H,2-5H2,1H3. The summed E-state index contributed by atoms with van der Waals surface area (Å²) in [6, 6.07) is 0. The van der Waals surface area contributed by atoms with Crippen LogP contribution in [0.1, 0.15) is 23.3 Å². The molecule has 3 unspecified atom stereocenters. The number of carbonyl (C=O) groups is 1. The molecule has 1 aromatic rings. The van der Waals surface area contributed by atoms with E-state index < -0.39 is 0 Å². The number of hydrogen-bond acceptors (Lipinski definition) is 3. The average molecular weight is 235 g/mol. The molecule has 3 atom stereocenters. The second-order valence-corrected chi connectivity index (χ2v) is 5.20. The minimum Gasteiger partial charge on any atom is -0.393 e. The maximum absolute atomic E-state index is 12.2. The highest BCUT2D eigenvalue weighted by Gasteiger charge is 2.43. The van der Waals surface area contributed by atoms with Crippen molar-refractivity contribution in [1.29, 1.82) is 0 Å². The number of likely N-dealkylation sites (tertiary alicyclic amines) is 1. The Labute approximate surface area is 100 Å². The van der Waals surface area contributed by atoms with Crippen molar-refractivity contribution in [2.45, 2.75) is 18.9 Å². The van der Waals surface area contributed by atoms with Gasteiger partial charge in [-0.15, -0.1) is 0 Å². The van der Waals surface area contributed by atoms with Gasteiger partial charge in [-0.1, -0.05) is 0 Å². The molecule has 1 saturated carbocycles. The minimum atomic E-state index is -0.221. The first-order valence-electron chi connectivity index (χ1n) is 6.10. The number of aliphatic hydroxyl groups excluding tert-OH is 1. The first-order valence-corrected chi connectivity index (χ1v) is 6.10. The van der Waals surface area contributed by atoms with Gasteiger partial charge in [0.15, 0.2) is 0 Å². The first-order chi connectivity index (χ1) is 8.15. The van der Waals surface area contributed by atoms with Crippen molar-refractivity contribution in [2.75, 3.05) is 13.1 Å². The Bertz CT molecular complexity index is 443. The molecule has 1 aliphatic carbocycles. The van der Waals surface area contributed by atoms with Gasteiger partial charge < -0.3 is 14.6 Å². The number of aryl methyl sites for hydroxylation is 1. The van der Waals surface area contributed by atoms with Crippen LogP contribution in [0.4, 0.5) is 0 Å². The van der Waals surface area contributed by atoms with Crippen molar-refractivity contribution in [2.24, 2.45) is 18.9 Å². The van der Waals surface area contributed by atoms with Crippen molar-refractivity contribution in [3.05, 3.63) is 18.2 Å².